The van der Waals surface area contributed by atoms with Gasteiger partial charge >= 0.3 is 5.97 Å². The van der Waals surface area contributed by atoms with E-state index in [-0.39, 0.29) is 25.0 Å². The molecular weight excluding hydrogens is 566 g/mol. The summed E-state index contributed by atoms with van der Waals surface area (Å²) in [6.45, 7) is 0. The Morgan fingerprint density at radius 1 is 0.698 bits per heavy atom. The highest BCUT2D eigenvalue weighted by atomic mass is 32.1. The van der Waals surface area contributed by atoms with E-state index in [0.717, 1.165) is 27.6 Å². The van der Waals surface area contributed by atoms with Crippen LogP contribution in [0.5, 0.6) is 0 Å². The molecule has 0 aliphatic carbocycles. The molecule has 0 saturated heterocycles. The fourth-order valence-electron chi connectivity index (χ4n) is 4.76. The van der Waals surface area contributed by atoms with Gasteiger partial charge in [-0.05, 0) is 29.2 Å². The molecule has 3 aromatic carbocycles. The summed E-state index contributed by atoms with van der Waals surface area (Å²) >= 11 is 4.22. The van der Waals surface area contributed by atoms with E-state index in [9.17, 15) is 24.3 Å². The van der Waals surface area contributed by atoms with Crippen molar-refractivity contribution in [2.75, 3.05) is 5.75 Å². The summed E-state index contributed by atoms with van der Waals surface area (Å²) < 4.78 is 0. The number of aliphatic carboxylic acids is 1. The monoisotopic (exact) mass is 601 g/mol. The number of nitrogens with two attached hydrogens (primary N) is 1. The van der Waals surface area contributed by atoms with E-state index in [4.69, 9.17) is 5.73 Å². The number of carboxylic acid groups (broad SMARTS) is 1. The largest absolute Gasteiger partial charge is 0.480 e. The number of nitrogens with one attached hydrogen (secondary N) is 4. The zero-order valence-electron chi connectivity index (χ0n) is 23.4. The third-order valence-electron chi connectivity index (χ3n) is 7.08. The number of carbonyl (C=O) groups excluding carboxylic acids is 3. The van der Waals surface area contributed by atoms with E-state index in [1.165, 1.54) is 0 Å². The summed E-state index contributed by atoms with van der Waals surface area (Å²) in [7, 11) is 0. The number of hydrogen-bond donors (Lipinski definition) is 7. The first-order valence-corrected chi connectivity index (χ1v) is 14.5. The van der Waals surface area contributed by atoms with Crippen LogP contribution in [0.25, 0.3) is 10.9 Å². The Bertz CT molecular complexity index is 1550. The van der Waals surface area contributed by atoms with Crippen molar-refractivity contribution in [1.29, 1.82) is 0 Å². The van der Waals surface area contributed by atoms with Crippen LogP contribution >= 0.6 is 12.6 Å². The van der Waals surface area contributed by atoms with Gasteiger partial charge < -0.3 is 31.8 Å². The van der Waals surface area contributed by atoms with Crippen LogP contribution in [0.4, 0.5) is 0 Å². The van der Waals surface area contributed by atoms with Crippen molar-refractivity contribution in [3.63, 3.8) is 0 Å². The molecule has 0 radical (unpaired) electrons. The number of hydrogen-bond acceptors (Lipinski definition) is 6. The van der Waals surface area contributed by atoms with Gasteiger partial charge in [-0.3, -0.25) is 14.4 Å². The average Bonchev–Trinajstić information content (AvgIpc) is 3.42. The van der Waals surface area contributed by atoms with Crippen molar-refractivity contribution < 1.29 is 24.3 Å². The smallest absolute Gasteiger partial charge is 0.326 e. The number of benzene rings is 3. The van der Waals surface area contributed by atoms with Gasteiger partial charge in [0.15, 0.2) is 0 Å². The number of rotatable bonds is 14. The molecule has 10 nitrogen and oxygen atoms in total. The predicted molar refractivity (Wildman–Crippen MR) is 168 cm³/mol. The molecule has 4 unspecified atom stereocenters. The van der Waals surface area contributed by atoms with E-state index in [2.05, 4.69) is 33.6 Å². The van der Waals surface area contributed by atoms with E-state index in [1.54, 1.807) is 24.3 Å². The Balaban J connectivity index is 1.44. The zero-order valence-corrected chi connectivity index (χ0v) is 24.3. The van der Waals surface area contributed by atoms with Crippen LogP contribution in [-0.2, 0) is 38.4 Å². The van der Waals surface area contributed by atoms with Crippen molar-refractivity contribution >= 4 is 47.2 Å². The summed E-state index contributed by atoms with van der Waals surface area (Å²) in [5.74, 6) is -3.16. The minimum Gasteiger partial charge on any atom is -0.480 e. The first-order chi connectivity index (χ1) is 20.7. The number of carbonyl (C=O) groups is 4. The molecule has 7 N–H and O–H groups in total. The fourth-order valence-corrected chi connectivity index (χ4v) is 5.01. The van der Waals surface area contributed by atoms with Crippen LogP contribution in [0, 0.1) is 0 Å². The van der Waals surface area contributed by atoms with E-state index < -0.39 is 47.9 Å². The lowest BCUT2D eigenvalue weighted by Gasteiger charge is -2.24. The van der Waals surface area contributed by atoms with Crippen molar-refractivity contribution in [3.05, 3.63) is 108 Å². The van der Waals surface area contributed by atoms with E-state index >= 15 is 0 Å². The first kappa shape index (κ1) is 31.3. The first-order valence-electron chi connectivity index (χ1n) is 13.9. The molecule has 4 rings (SSSR count). The van der Waals surface area contributed by atoms with Gasteiger partial charge in [0.25, 0.3) is 0 Å². The second-order valence-corrected chi connectivity index (χ2v) is 10.6. The van der Waals surface area contributed by atoms with Gasteiger partial charge in [0.2, 0.25) is 17.7 Å². The molecule has 4 atom stereocenters. The highest BCUT2D eigenvalue weighted by Crippen LogP contribution is 2.19. The van der Waals surface area contributed by atoms with Gasteiger partial charge in [-0.15, -0.1) is 0 Å². The summed E-state index contributed by atoms with van der Waals surface area (Å²) in [5, 5.41) is 18.5. The Labute approximate surface area is 254 Å². The molecule has 4 aromatic rings. The number of para-hydroxylation sites is 1. The van der Waals surface area contributed by atoms with Gasteiger partial charge in [-0.25, -0.2) is 4.79 Å². The van der Waals surface area contributed by atoms with Gasteiger partial charge in [-0.2, -0.15) is 12.6 Å². The molecule has 0 bridgehead atoms. The number of aromatic nitrogens is 1. The standard InChI is InChI=1S/C32H35N5O5S/c33-24(17-22-18-34-25-14-8-7-13-23(22)25)29(38)35-26(15-20-9-3-1-4-10-20)30(39)37-28(19-43)31(40)36-27(32(41)42)16-21-11-5-2-6-12-21/h1-14,18,24,26-28,34,43H,15-17,19,33H2,(H,35,38)(H,36,40)(H,37,39)(H,41,42). The lowest BCUT2D eigenvalue weighted by molar-refractivity contribution is -0.142. The SMILES string of the molecule is NC(Cc1c[nH]c2ccccc12)C(=O)NC(Cc1ccccc1)C(=O)NC(CS)C(=O)NC(Cc1ccccc1)C(=O)O. The highest BCUT2D eigenvalue weighted by Gasteiger charge is 2.30. The van der Waals surface area contributed by atoms with Crippen molar-refractivity contribution in [3.8, 4) is 0 Å². The summed E-state index contributed by atoms with van der Waals surface area (Å²) in [5.41, 5.74) is 9.59. The maximum atomic E-state index is 13.5. The van der Waals surface area contributed by atoms with Crippen molar-refractivity contribution in [2.24, 2.45) is 5.73 Å². The number of aromatic amines is 1. The maximum absolute atomic E-state index is 13.5. The second kappa shape index (κ2) is 15.0. The van der Waals surface area contributed by atoms with Gasteiger partial charge in [0.05, 0.1) is 6.04 Å². The Kier molecular flexibility index (Phi) is 11.0. The average molecular weight is 602 g/mol. The number of fused-ring (bicyclic) bond motifs is 1. The number of carboxylic acids is 1. The minimum atomic E-state index is -1.21. The zero-order chi connectivity index (χ0) is 30.8. The molecular formula is C32H35N5O5S. The van der Waals surface area contributed by atoms with Crippen LogP contribution in [-0.4, -0.2) is 63.7 Å². The Morgan fingerprint density at radius 3 is 1.81 bits per heavy atom. The van der Waals surface area contributed by atoms with Crippen molar-refractivity contribution in [1.82, 2.24) is 20.9 Å². The van der Waals surface area contributed by atoms with Crippen molar-refractivity contribution in [2.45, 2.75) is 43.4 Å². The molecule has 0 aliphatic rings. The number of amides is 3. The lowest BCUT2D eigenvalue weighted by atomic mass is 10.0. The number of H-pyrrole nitrogens is 1. The molecule has 11 heteroatoms. The Morgan fingerprint density at radius 2 is 1.21 bits per heavy atom. The second-order valence-electron chi connectivity index (χ2n) is 10.3. The molecule has 0 aliphatic heterocycles. The van der Waals surface area contributed by atoms with Crippen LogP contribution < -0.4 is 21.7 Å². The summed E-state index contributed by atoms with van der Waals surface area (Å²) in [6, 6.07) is 21.3. The Hall–Kier alpha value is -4.61. The highest BCUT2D eigenvalue weighted by molar-refractivity contribution is 7.80. The van der Waals surface area contributed by atoms with Gasteiger partial charge in [0, 0.05) is 35.7 Å². The third kappa shape index (κ3) is 8.69. The summed E-state index contributed by atoms with van der Waals surface area (Å²) in [4.78, 5) is 54.8. The van der Waals surface area contributed by atoms with E-state index in [0.29, 0.717) is 0 Å². The fraction of sp³-hybridized carbons (Fsp3) is 0.250. The molecule has 1 heterocycles. The van der Waals surface area contributed by atoms with E-state index in [1.807, 2.05) is 66.9 Å². The van der Waals surface area contributed by atoms with Gasteiger partial charge in [-0.1, -0.05) is 78.9 Å². The molecule has 224 valence electrons. The topological polar surface area (TPSA) is 166 Å². The maximum Gasteiger partial charge on any atom is 0.326 e. The third-order valence-corrected chi connectivity index (χ3v) is 7.45. The minimum absolute atomic E-state index is 0.0656. The molecule has 0 saturated carbocycles. The molecule has 0 fully saturated rings. The normalized spacial score (nSPS) is 13.8. The quantitative estimate of drug-likeness (QED) is 0.109. The predicted octanol–water partition coefficient (Wildman–Crippen LogP) is 1.99. The number of thiol groups is 1. The molecule has 3 amide bonds. The molecule has 43 heavy (non-hydrogen) atoms. The summed E-state index contributed by atoms with van der Waals surface area (Å²) in [6.07, 6.45) is 2.26. The lowest BCUT2D eigenvalue weighted by Crippen LogP contribution is -2.58. The van der Waals surface area contributed by atoms with Gasteiger partial charge in [0.1, 0.15) is 18.1 Å². The molecule has 0 spiro atoms. The van der Waals surface area contributed by atoms with Crippen LogP contribution in [0.1, 0.15) is 16.7 Å². The van der Waals surface area contributed by atoms with Crippen LogP contribution in [0.15, 0.2) is 91.1 Å². The van der Waals surface area contributed by atoms with Crippen LogP contribution in [0.3, 0.4) is 0 Å². The molecule has 1 aromatic heterocycles. The van der Waals surface area contributed by atoms with Crippen LogP contribution in [0.2, 0.25) is 0 Å².